The molecule has 0 unspecified atom stereocenters. The topological polar surface area (TPSA) is 58.6 Å². The normalized spacial score (nSPS) is 15.3. The molecule has 2 rings (SSSR count). The van der Waals surface area contributed by atoms with Crippen LogP contribution in [0.25, 0.3) is 0 Å². The molecule has 2 amide bonds. The molecule has 1 aromatic carbocycles. The van der Waals surface area contributed by atoms with Crippen LogP contribution in [0, 0.1) is 19.8 Å². The van der Waals surface area contributed by atoms with Crippen molar-refractivity contribution in [3.8, 4) is 0 Å². The molecule has 1 aromatic rings. The Bertz CT molecular complexity index is 565. The molecule has 0 aromatic heterocycles. The number of ether oxygens (including phenoxy) is 1. The third-order valence-corrected chi connectivity index (χ3v) is 4.25. The zero-order chi connectivity index (χ0) is 16.8. The summed E-state index contributed by atoms with van der Waals surface area (Å²) in [5.41, 5.74) is 3.14. The first-order valence-electron chi connectivity index (χ1n) is 8.20. The molecule has 1 aliphatic rings. The number of nitrogens with one attached hydrogen (secondary N) is 1. The summed E-state index contributed by atoms with van der Waals surface area (Å²) >= 11 is 0. The van der Waals surface area contributed by atoms with E-state index in [4.69, 9.17) is 4.74 Å². The lowest BCUT2D eigenvalue weighted by molar-refractivity contribution is -0.127. The van der Waals surface area contributed by atoms with Gasteiger partial charge < -0.3 is 15.0 Å². The maximum Gasteiger partial charge on any atom is 0.223 e. The first-order chi connectivity index (χ1) is 11.0. The van der Waals surface area contributed by atoms with Crippen molar-refractivity contribution in [3.63, 3.8) is 0 Å². The van der Waals surface area contributed by atoms with Gasteiger partial charge in [0.2, 0.25) is 11.8 Å². The molecule has 0 radical (unpaired) electrons. The minimum absolute atomic E-state index is 0.0164. The predicted molar refractivity (Wildman–Crippen MR) is 90.5 cm³/mol. The quantitative estimate of drug-likeness (QED) is 0.905. The van der Waals surface area contributed by atoms with Crippen LogP contribution < -0.4 is 10.2 Å². The van der Waals surface area contributed by atoms with Crippen molar-refractivity contribution in [2.45, 2.75) is 33.6 Å². The third kappa shape index (κ3) is 4.79. The molecule has 1 fully saturated rings. The number of carbonyl (C=O) groups is 2. The maximum atomic E-state index is 12.1. The van der Waals surface area contributed by atoms with Crippen molar-refractivity contribution >= 4 is 17.5 Å². The average Bonchev–Trinajstić information content (AvgIpc) is 2.53. The summed E-state index contributed by atoms with van der Waals surface area (Å²) in [5.74, 6) is 0.0883. The van der Waals surface area contributed by atoms with Crippen LogP contribution >= 0.6 is 0 Å². The Kier molecular flexibility index (Phi) is 6.16. The zero-order valence-electron chi connectivity index (χ0n) is 14.2. The Balaban J connectivity index is 1.92. The molecular weight excluding hydrogens is 292 g/mol. The van der Waals surface area contributed by atoms with Gasteiger partial charge >= 0.3 is 0 Å². The molecule has 5 heteroatoms. The Morgan fingerprint density at radius 3 is 2.57 bits per heavy atom. The minimum Gasteiger partial charge on any atom is -0.381 e. The minimum atomic E-state index is -0.0164. The van der Waals surface area contributed by atoms with Gasteiger partial charge in [0.15, 0.2) is 0 Å². The summed E-state index contributed by atoms with van der Waals surface area (Å²) < 4.78 is 5.27. The van der Waals surface area contributed by atoms with E-state index >= 15 is 0 Å². The largest absolute Gasteiger partial charge is 0.381 e. The van der Waals surface area contributed by atoms with E-state index in [0.29, 0.717) is 26.3 Å². The fourth-order valence-corrected chi connectivity index (χ4v) is 2.95. The fraction of sp³-hybridized carbons (Fsp3) is 0.556. The molecule has 126 valence electrons. The monoisotopic (exact) mass is 318 g/mol. The number of amides is 2. The molecule has 1 N–H and O–H groups in total. The summed E-state index contributed by atoms with van der Waals surface area (Å²) in [6.45, 7) is 7.83. The highest BCUT2D eigenvalue weighted by Crippen LogP contribution is 2.21. The molecule has 1 heterocycles. The van der Waals surface area contributed by atoms with Crippen LogP contribution in [0.2, 0.25) is 0 Å². The van der Waals surface area contributed by atoms with Crippen LogP contribution in [0.1, 0.15) is 30.9 Å². The predicted octanol–water partition coefficient (Wildman–Crippen LogP) is 2.20. The van der Waals surface area contributed by atoms with Crippen LogP contribution in [0.15, 0.2) is 18.2 Å². The van der Waals surface area contributed by atoms with Gasteiger partial charge in [0.05, 0.1) is 0 Å². The lowest BCUT2D eigenvalue weighted by Gasteiger charge is -2.25. The lowest BCUT2D eigenvalue weighted by atomic mass is 9.99. The number of aryl methyl sites for hydroxylation is 2. The number of hydrogen-bond acceptors (Lipinski definition) is 3. The van der Waals surface area contributed by atoms with E-state index in [2.05, 4.69) is 11.4 Å². The van der Waals surface area contributed by atoms with Gasteiger partial charge in [0.25, 0.3) is 0 Å². The van der Waals surface area contributed by atoms with Gasteiger partial charge in [-0.3, -0.25) is 9.59 Å². The van der Waals surface area contributed by atoms with Gasteiger partial charge in [-0.1, -0.05) is 17.7 Å². The van der Waals surface area contributed by atoms with E-state index in [1.807, 2.05) is 26.0 Å². The van der Waals surface area contributed by atoms with Crippen molar-refractivity contribution in [1.82, 2.24) is 5.32 Å². The van der Waals surface area contributed by atoms with E-state index in [0.717, 1.165) is 24.1 Å². The van der Waals surface area contributed by atoms with Crippen LogP contribution in [0.3, 0.4) is 0 Å². The van der Waals surface area contributed by atoms with Crippen molar-refractivity contribution in [2.75, 3.05) is 31.2 Å². The standard InChI is InChI=1S/C18H26N2O3/c1-13-4-5-17(14(2)12-13)20(15(3)21)9-8-19-18(22)16-6-10-23-11-7-16/h4-5,12,16H,6-11H2,1-3H3,(H,19,22). The summed E-state index contributed by atoms with van der Waals surface area (Å²) in [7, 11) is 0. The van der Waals surface area contributed by atoms with Crippen molar-refractivity contribution in [1.29, 1.82) is 0 Å². The highest BCUT2D eigenvalue weighted by atomic mass is 16.5. The van der Waals surface area contributed by atoms with E-state index in [1.165, 1.54) is 5.56 Å². The zero-order valence-corrected chi connectivity index (χ0v) is 14.2. The fourth-order valence-electron chi connectivity index (χ4n) is 2.95. The smallest absolute Gasteiger partial charge is 0.223 e. The molecule has 0 atom stereocenters. The number of anilines is 1. The number of carbonyl (C=O) groups excluding carboxylic acids is 2. The van der Waals surface area contributed by atoms with Gasteiger partial charge in [-0.2, -0.15) is 0 Å². The second-order valence-electron chi connectivity index (χ2n) is 6.14. The summed E-state index contributed by atoms with van der Waals surface area (Å²) in [5, 5.41) is 2.95. The number of nitrogens with zero attached hydrogens (tertiary/aromatic N) is 1. The van der Waals surface area contributed by atoms with E-state index < -0.39 is 0 Å². The summed E-state index contributed by atoms with van der Waals surface area (Å²) in [6.07, 6.45) is 1.55. The SMILES string of the molecule is CC(=O)N(CCNC(=O)C1CCOCC1)c1ccc(C)cc1C. The van der Waals surface area contributed by atoms with Crippen LogP contribution in [0.4, 0.5) is 5.69 Å². The first kappa shape index (κ1) is 17.5. The summed E-state index contributed by atoms with van der Waals surface area (Å²) in [6, 6.07) is 6.02. The molecule has 5 nitrogen and oxygen atoms in total. The Hall–Kier alpha value is -1.88. The highest BCUT2D eigenvalue weighted by molar-refractivity contribution is 5.92. The van der Waals surface area contributed by atoms with Gasteiger partial charge in [-0.15, -0.1) is 0 Å². The van der Waals surface area contributed by atoms with Crippen LogP contribution in [-0.4, -0.2) is 38.1 Å². The molecule has 0 saturated carbocycles. The average molecular weight is 318 g/mol. The second kappa shape index (κ2) is 8.11. The van der Waals surface area contributed by atoms with E-state index in [1.54, 1.807) is 11.8 Å². The number of rotatable bonds is 5. The van der Waals surface area contributed by atoms with Gasteiger partial charge in [-0.25, -0.2) is 0 Å². The summed E-state index contributed by atoms with van der Waals surface area (Å²) in [4.78, 5) is 25.8. The Morgan fingerprint density at radius 1 is 1.26 bits per heavy atom. The number of benzene rings is 1. The van der Waals surface area contributed by atoms with Gasteiger partial charge in [0.1, 0.15) is 0 Å². The lowest BCUT2D eigenvalue weighted by Crippen LogP contribution is -2.41. The third-order valence-electron chi connectivity index (χ3n) is 4.25. The number of hydrogen-bond donors (Lipinski definition) is 1. The van der Waals surface area contributed by atoms with E-state index in [9.17, 15) is 9.59 Å². The van der Waals surface area contributed by atoms with Crippen molar-refractivity contribution in [3.05, 3.63) is 29.3 Å². The molecule has 0 bridgehead atoms. The molecular formula is C18H26N2O3. The van der Waals surface area contributed by atoms with Crippen LogP contribution in [0.5, 0.6) is 0 Å². The van der Waals surface area contributed by atoms with Crippen molar-refractivity contribution in [2.24, 2.45) is 5.92 Å². The highest BCUT2D eigenvalue weighted by Gasteiger charge is 2.21. The van der Waals surface area contributed by atoms with Gasteiger partial charge in [0, 0.05) is 44.8 Å². The maximum absolute atomic E-state index is 12.1. The van der Waals surface area contributed by atoms with E-state index in [-0.39, 0.29) is 17.7 Å². The van der Waals surface area contributed by atoms with Crippen LogP contribution in [-0.2, 0) is 14.3 Å². The first-order valence-corrected chi connectivity index (χ1v) is 8.20. The Morgan fingerprint density at radius 2 is 1.96 bits per heavy atom. The van der Waals surface area contributed by atoms with Crippen molar-refractivity contribution < 1.29 is 14.3 Å². The molecule has 23 heavy (non-hydrogen) atoms. The molecule has 1 saturated heterocycles. The molecule has 0 spiro atoms. The Labute approximate surface area is 138 Å². The molecule has 0 aliphatic carbocycles. The van der Waals surface area contributed by atoms with Gasteiger partial charge in [-0.05, 0) is 38.3 Å². The molecule has 1 aliphatic heterocycles. The second-order valence-corrected chi connectivity index (χ2v) is 6.14.